The molecule has 0 fully saturated rings. The number of aryl methyl sites for hydroxylation is 3. The fourth-order valence-electron chi connectivity index (χ4n) is 2.22. The third-order valence-corrected chi connectivity index (χ3v) is 3.71. The first-order valence-corrected chi connectivity index (χ1v) is 6.79. The van der Waals surface area contributed by atoms with Crippen molar-refractivity contribution in [1.82, 2.24) is 15.1 Å². The van der Waals surface area contributed by atoms with Gasteiger partial charge in [-0.15, -0.1) is 0 Å². The predicted molar refractivity (Wildman–Crippen MR) is 79.3 cm³/mol. The molecule has 2 heterocycles. The van der Waals surface area contributed by atoms with Crippen LogP contribution in [0.3, 0.4) is 0 Å². The highest BCUT2D eigenvalue weighted by molar-refractivity contribution is 6.36. The molecule has 0 aliphatic rings. The molecule has 0 spiro atoms. The summed E-state index contributed by atoms with van der Waals surface area (Å²) in [6.45, 7) is 5.68. The maximum atomic E-state index is 6.27. The van der Waals surface area contributed by atoms with Crippen LogP contribution in [-0.4, -0.2) is 15.1 Å². The van der Waals surface area contributed by atoms with Gasteiger partial charge < -0.3 is 4.52 Å². The molecule has 0 aliphatic heterocycles. The van der Waals surface area contributed by atoms with Gasteiger partial charge in [0.1, 0.15) is 5.15 Å². The number of halogens is 2. The van der Waals surface area contributed by atoms with E-state index in [1.807, 2.05) is 26.0 Å². The summed E-state index contributed by atoms with van der Waals surface area (Å²) in [7, 11) is 0. The molecule has 6 heteroatoms. The summed E-state index contributed by atoms with van der Waals surface area (Å²) in [6.07, 6.45) is 0. The number of rotatable bonds is 1. The van der Waals surface area contributed by atoms with Gasteiger partial charge >= 0.3 is 0 Å². The van der Waals surface area contributed by atoms with Crippen molar-refractivity contribution in [2.45, 2.75) is 20.8 Å². The number of hydrogen-bond donors (Lipinski definition) is 0. The summed E-state index contributed by atoms with van der Waals surface area (Å²) in [4.78, 5) is 8.59. The number of benzene rings is 1. The predicted octanol–water partition coefficient (Wildman–Crippen LogP) is 4.52. The quantitative estimate of drug-likeness (QED) is 0.620. The van der Waals surface area contributed by atoms with Crippen LogP contribution in [0.2, 0.25) is 10.2 Å². The Morgan fingerprint density at radius 1 is 1.05 bits per heavy atom. The van der Waals surface area contributed by atoms with E-state index in [1.165, 1.54) is 0 Å². The molecule has 102 valence electrons. The molecule has 0 atom stereocenters. The van der Waals surface area contributed by atoms with Crippen LogP contribution in [0.15, 0.2) is 16.7 Å². The first-order valence-electron chi connectivity index (χ1n) is 6.04. The Kier molecular flexibility index (Phi) is 3.15. The van der Waals surface area contributed by atoms with Crippen LogP contribution in [0.5, 0.6) is 0 Å². The second-order valence-electron chi connectivity index (χ2n) is 4.69. The molecule has 0 aliphatic carbocycles. The highest BCUT2D eigenvalue weighted by Crippen LogP contribution is 2.36. The number of hydrogen-bond acceptors (Lipinski definition) is 4. The summed E-state index contributed by atoms with van der Waals surface area (Å²) < 4.78 is 5.20. The number of fused-ring (bicyclic) bond motifs is 1. The fourth-order valence-corrected chi connectivity index (χ4v) is 2.85. The molecule has 0 saturated heterocycles. The van der Waals surface area contributed by atoms with E-state index in [0.29, 0.717) is 33.0 Å². The molecule has 0 amide bonds. The largest absolute Gasteiger partial charge is 0.334 e. The minimum Gasteiger partial charge on any atom is -0.334 e. The van der Waals surface area contributed by atoms with Crippen LogP contribution in [0.1, 0.15) is 17.0 Å². The van der Waals surface area contributed by atoms with Crippen molar-refractivity contribution < 1.29 is 4.52 Å². The zero-order valence-corrected chi connectivity index (χ0v) is 12.7. The zero-order valence-electron chi connectivity index (χ0n) is 11.2. The minimum absolute atomic E-state index is 0.310. The van der Waals surface area contributed by atoms with Crippen molar-refractivity contribution in [3.63, 3.8) is 0 Å². The van der Waals surface area contributed by atoms with Crippen LogP contribution in [-0.2, 0) is 0 Å². The van der Waals surface area contributed by atoms with Gasteiger partial charge in [0.2, 0.25) is 0 Å². The molecule has 3 rings (SSSR count). The Bertz CT molecular complexity index is 827. The lowest BCUT2D eigenvalue weighted by atomic mass is 10.0. The second kappa shape index (κ2) is 4.72. The maximum absolute atomic E-state index is 6.27. The molecular formula is C14H11Cl2N3O. The standard InChI is InChI=1S/C14H11Cl2N3O/c1-6-4-9-7(2)11(14-17-8(3)19-20-14)13(16)18-12(9)10(15)5-6/h4-5H,1-3H3. The average Bonchev–Trinajstić information content (AvgIpc) is 2.78. The Morgan fingerprint density at radius 3 is 2.45 bits per heavy atom. The van der Waals surface area contributed by atoms with Crippen LogP contribution in [0, 0.1) is 20.8 Å². The maximum Gasteiger partial charge on any atom is 0.261 e. The van der Waals surface area contributed by atoms with Gasteiger partial charge in [0.05, 0.1) is 16.1 Å². The van der Waals surface area contributed by atoms with Gasteiger partial charge in [0, 0.05) is 5.39 Å². The molecule has 0 radical (unpaired) electrons. The zero-order chi connectivity index (χ0) is 14.4. The fraction of sp³-hybridized carbons (Fsp3) is 0.214. The van der Waals surface area contributed by atoms with E-state index in [2.05, 4.69) is 15.1 Å². The van der Waals surface area contributed by atoms with Crippen molar-refractivity contribution in [3.8, 4) is 11.5 Å². The molecule has 20 heavy (non-hydrogen) atoms. The average molecular weight is 308 g/mol. The first-order chi connectivity index (χ1) is 9.47. The van der Waals surface area contributed by atoms with Crippen molar-refractivity contribution in [2.75, 3.05) is 0 Å². The monoisotopic (exact) mass is 307 g/mol. The summed E-state index contributed by atoms with van der Waals surface area (Å²) in [5.74, 6) is 0.926. The summed E-state index contributed by atoms with van der Waals surface area (Å²) in [5, 5.41) is 5.62. The second-order valence-corrected chi connectivity index (χ2v) is 5.46. The molecule has 4 nitrogen and oxygen atoms in total. The van der Waals surface area contributed by atoms with E-state index in [4.69, 9.17) is 27.7 Å². The third kappa shape index (κ3) is 2.05. The molecule has 0 bridgehead atoms. The number of pyridine rings is 1. The number of aromatic nitrogens is 3. The summed E-state index contributed by atoms with van der Waals surface area (Å²) in [6, 6.07) is 3.88. The van der Waals surface area contributed by atoms with Gasteiger partial charge in [-0.1, -0.05) is 28.4 Å². The highest BCUT2D eigenvalue weighted by atomic mass is 35.5. The topological polar surface area (TPSA) is 51.8 Å². The lowest BCUT2D eigenvalue weighted by Crippen LogP contribution is -1.93. The Hall–Kier alpha value is -1.65. The van der Waals surface area contributed by atoms with Crippen molar-refractivity contribution in [1.29, 1.82) is 0 Å². The van der Waals surface area contributed by atoms with E-state index in [0.717, 1.165) is 16.5 Å². The van der Waals surface area contributed by atoms with Crippen molar-refractivity contribution >= 4 is 34.1 Å². The highest BCUT2D eigenvalue weighted by Gasteiger charge is 2.19. The summed E-state index contributed by atoms with van der Waals surface area (Å²) in [5.41, 5.74) is 3.32. The van der Waals surface area contributed by atoms with Gasteiger partial charge in [0.25, 0.3) is 5.89 Å². The molecule has 0 unspecified atom stereocenters. The third-order valence-electron chi connectivity index (χ3n) is 3.14. The molecule has 0 N–H and O–H groups in total. The van der Waals surface area contributed by atoms with E-state index < -0.39 is 0 Å². The van der Waals surface area contributed by atoms with Gasteiger partial charge in [-0.05, 0) is 44.0 Å². The molecule has 2 aromatic heterocycles. The van der Waals surface area contributed by atoms with Crippen molar-refractivity contribution in [2.24, 2.45) is 0 Å². The van der Waals surface area contributed by atoms with Crippen LogP contribution >= 0.6 is 23.2 Å². The Morgan fingerprint density at radius 2 is 1.80 bits per heavy atom. The normalized spacial score (nSPS) is 11.2. The number of nitrogens with zero attached hydrogens (tertiary/aromatic N) is 3. The van der Waals surface area contributed by atoms with Gasteiger partial charge in [-0.3, -0.25) is 0 Å². The van der Waals surface area contributed by atoms with Crippen LogP contribution in [0.25, 0.3) is 22.4 Å². The molecule has 3 aromatic rings. The first kappa shape index (κ1) is 13.3. The smallest absolute Gasteiger partial charge is 0.261 e. The van der Waals surface area contributed by atoms with Crippen LogP contribution in [0.4, 0.5) is 0 Å². The van der Waals surface area contributed by atoms with E-state index in [-0.39, 0.29) is 0 Å². The Balaban J connectivity index is 2.39. The van der Waals surface area contributed by atoms with Crippen LogP contribution < -0.4 is 0 Å². The molecular weight excluding hydrogens is 297 g/mol. The van der Waals surface area contributed by atoms with E-state index in [9.17, 15) is 0 Å². The van der Waals surface area contributed by atoms with Gasteiger partial charge in [0.15, 0.2) is 5.82 Å². The lowest BCUT2D eigenvalue weighted by molar-refractivity contribution is 0.425. The van der Waals surface area contributed by atoms with E-state index in [1.54, 1.807) is 6.92 Å². The van der Waals surface area contributed by atoms with Gasteiger partial charge in [-0.2, -0.15) is 4.98 Å². The molecule has 0 saturated carbocycles. The lowest BCUT2D eigenvalue weighted by Gasteiger charge is -2.10. The minimum atomic E-state index is 0.310. The summed E-state index contributed by atoms with van der Waals surface area (Å²) >= 11 is 12.5. The van der Waals surface area contributed by atoms with Crippen molar-refractivity contribution in [3.05, 3.63) is 39.3 Å². The Labute approximate surface area is 125 Å². The van der Waals surface area contributed by atoms with E-state index >= 15 is 0 Å². The SMILES string of the molecule is Cc1cc(Cl)c2nc(Cl)c(-c3nc(C)no3)c(C)c2c1. The molecule has 1 aromatic carbocycles. The van der Waals surface area contributed by atoms with Gasteiger partial charge in [-0.25, -0.2) is 4.98 Å².